The minimum absolute atomic E-state index is 0.0557. The third kappa shape index (κ3) is 5.34. The van der Waals surface area contributed by atoms with Gasteiger partial charge in [0.15, 0.2) is 0 Å². The summed E-state index contributed by atoms with van der Waals surface area (Å²) in [6, 6.07) is 8.54. The number of hydrogen-bond donors (Lipinski definition) is 0. The number of aromatic nitrogens is 2. The lowest BCUT2D eigenvalue weighted by Gasteiger charge is -2.34. The molecule has 0 aliphatic carbocycles. The van der Waals surface area contributed by atoms with Crippen LogP contribution in [0.4, 0.5) is 5.95 Å². The summed E-state index contributed by atoms with van der Waals surface area (Å²) in [5, 5.41) is 0. The van der Waals surface area contributed by atoms with E-state index in [1.54, 1.807) is 64.1 Å². The molecule has 0 unspecified atom stereocenters. The first kappa shape index (κ1) is 22.4. The van der Waals surface area contributed by atoms with Gasteiger partial charge < -0.3 is 9.80 Å². The molecule has 0 N–H and O–H groups in total. The normalized spacial score (nSPS) is 18.6. The number of carbonyl (C=O) groups is 1. The fraction of sp³-hybridized carbons (Fsp3) is 0.435. The van der Waals surface area contributed by atoms with Gasteiger partial charge in [-0.2, -0.15) is 4.31 Å². The highest BCUT2D eigenvalue weighted by Gasteiger charge is 2.25. The summed E-state index contributed by atoms with van der Waals surface area (Å²) >= 11 is 0. The van der Waals surface area contributed by atoms with Crippen LogP contribution in [0.1, 0.15) is 31.2 Å². The van der Waals surface area contributed by atoms with Crippen molar-refractivity contribution in [2.45, 2.75) is 30.6 Å². The van der Waals surface area contributed by atoms with Gasteiger partial charge in [-0.3, -0.25) is 4.79 Å². The molecule has 2 saturated heterocycles. The van der Waals surface area contributed by atoms with Gasteiger partial charge in [-0.05, 0) is 42.7 Å². The van der Waals surface area contributed by atoms with Crippen LogP contribution in [0.3, 0.4) is 0 Å². The Labute approximate surface area is 189 Å². The van der Waals surface area contributed by atoms with Gasteiger partial charge in [-0.1, -0.05) is 25.0 Å². The lowest BCUT2D eigenvalue weighted by molar-refractivity contribution is -0.126. The molecule has 0 bridgehead atoms. The smallest absolute Gasteiger partial charge is 0.246 e. The molecule has 8 nitrogen and oxygen atoms in total. The SMILES string of the molecule is O=C(C=Cc1ccc(S(=O)(=O)N2CCCCCC2)cc1)N1CCN(c2ncccn2)CC1. The van der Waals surface area contributed by atoms with E-state index in [9.17, 15) is 13.2 Å². The van der Waals surface area contributed by atoms with Crippen LogP contribution < -0.4 is 4.90 Å². The number of anilines is 1. The second-order valence-electron chi connectivity index (χ2n) is 8.08. The maximum Gasteiger partial charge on any atom is 0.246 e. The highest BCUT2D eigenvalue weighted by atomic mass is 32.2. The number of hydrogen-bond acceptors (Lipinski definition) is 6. The third-order valence-electron chi connectivity index (χ3n) is 5.93. The van der Waals surface area contributed by atoms with Gasteiger partial charge in [0.05, 0.1) is 4.90 Å². The van der Waals surface area contributed by atoms with Crippen molar-refractivity contribution in [3.63, 3.8) is 0 Å². The van der Waals surface area contributed by atoms with E-state index in [1.165, 1.54) is 0 Å². The number of rotatable bonds is 5. The molecule has 2 fully saturated rings. The number of carbonyl (C=O) groups excluding carboxylic acids is 1. The van der Waals surface area contributed by atoms with Crippen LogP contribution in [0.25, 0.3) is 6.08 Å². The molecular formula is C23H29N5O3S. The largest absolute Gasteiger partial charge is 0.337 e. The van der Waals surface area contributed by atoms with E-state index < -0.39 is 10.0 Å². The Balaban J connectivity index is 1.33. The van der Waals surface area contributed by atoms with Crippen molar-refractivity contribution in [1.82, 2.24) is 19.2 Å². The first-order valence-corrected chi connectivity index (χ1v) is 12.6. The lowest BCUT2D eigenvalue weighted by Crippen LogP contribution is -2.48. The predicted octanol–water partition coefficient (Wildman–Crippen LogP) is 2.40. The topological polar surface area (TPSA) is 86.7 Å². The standard InChI is InChI=1S/C23H29N5O3S/c29-22(26-16-18-27(19-17-26)23-24-12-5-13-25-23)11-8-20-6-9-21(10-7-20)32(30,31)28-14-3-1-2-4-15-28/h5-13H,1-4,14-19H2. The van der Waals surface area contributed by atoms with Gasteiger partial charge in [0.25, 0.3) is 0 Å². The van der Waals surface area contributed by atoms with Crippen LogP contribution in [-0.4, -0.2) is 72.8 Å². The Bertz CT molecular complexity index is 1030. The number of sulfonamides is 1. The second-order valence-corrected chi connectivity index (χ2v) is 10.0. The number of amides is 1. The van der Waals surface area contributed by atoms with E-state index in [-0.39, 0.29) is 5.91 Å². The average Bonchev–Trinajstić information content (AvgIpc) is 3.14. The van der Waals surface area contributed by atoms with E-state index in [1.807, 2.05) is 0 Å². The third-order valence-corrected chi connectivity index (χ3v) is 7.84. The molecule has 1 amide bonds. The quantitative estimate of drug-likeness (QED) is 0.644. The van der Waals surface area contributed by atoms with Gasteiger partial charge in [0, 0.05) is 57.7 Å². The average molecular weight is 456 g/mol. The molecule has 9 heteroatoms. The van der Waals surface area contributed by atoms with Gasteiger partial charge in [0.1, 0.15) is 0 Å². The van der Waals surface area contributed by atoms with Crippen LogP contribution in [-0.2, 0) is 14.8 Å². The number of nitrogens with zero attached hydrogens (tertiary/aromatic N) is 5. The van der Waals surface area contributed by atoms with E-state index in [0.29, 0.717) is 50.1 Å². The molecule has 2 aromatic rings. The number of piperazine rings is 1. The fourth-order valence-electron chi connectivity index (χ4n) is 4.04. The van der Waals surface area contributed by atoms with Gasteiger partial charge in [-0.25, -0.2) is 18.4 Å². The van der Waals surface area contributed by atoms with E-state index in [0.717, 1.165) is 31.2 Å². The molecule has 0 saturated carbocycles. The van der Waals surface area contributed by atoms with E-state index in [2.05, 4.69) is 14.9 Å². The molecule has 0 atom stereocenters. The monoisotopic (exact) mass is 455 g/mol. The minimum Gasteiger partial charge on any atom is -0.337 e. The molecule has 1 aromatic carbocycles. The molecule has 3 heterocycles. The van der Waals surface area contributed by atoms with Crippen molar-refractivity contribution in [3.05, 3.63) is 54.4 Å². The first-order valence-electron chi connectivity index (χ1n) is 11.1. The van der Waals surface area contributed by atoms with Crippen molar-refractivity contribution >= 4 is 28.0 Å². The molecule has 2 aliphatic heterocycles. The van der Waals surface area contributed by atoms with Crippen LogP contribution >= 0.6 is 0 Å². The van der Waals surface area contributed by atoms with Crippen LogP contribution in [0, 0.1) is 0 Å². The van der Waals surface area contributed by atoms with Crippen molar-refractivity contribution in [1.29, 1.82) is 0 Å². The van der Waals surface area contributed by atoms with Gasteiger partial charge in [0.2, 0.25) is 21.9 Å². The van der Waals surface area contributed by atoms with Crippen LogP contribution in [0.15, 0.2) is 53.7 Å². The summed E-state index contributed by atoms with van der Waals surface area (Å²) < 4.78 is 27.4. The van der Waals surface area contributed by atoms with Gasteiger partial charge >= 0.3 is 0 Å². The number of benzene rings is 1. The summed E-state index contributed by atoms with van der Waals surface area (Å²) in [6.45, 7) is 3.76. The Kier molecular flexibility index (Phi) is 7.16. The fourth-order valence-corrected chi connectivity index (χ4v) is 5.55. The summed E-state index contributed by atoms with van der Waals surface area (Å²) in [4.78, 5) is 25.3. The molecule has 32 heavy (non-hydrogen) atoms. The Morgan fingerprint density at radius 1 is 0.844 bits per heavy atom. The maximum absolute atomic E-state index is 12.9. The molecular weight excluding hydrogens is 426 g/mol. The summed E-state index contributed by atoms with van der Waals surface area (Å²) in [5.41, 5.74) is 0.796. The minimum atomic E-state index is -3.46. The Morgan fingerprint density at radius 3 is 2.09 bits per heavy atom. The van der Waals surface area contributed by atoms with Crippen molar-refractivity contribution in [2.75, 3.05) is 44.2 Å². The Hall–Kier alpha value is -2.78. The molecule has 4 rings (SSSR count). The van der Waals surface area contributed by atoms with Crippen molar-refractivity contribution < 1.29 is 13.2 Å². The maximum atomic E-state index is 12.9. The van der Waals surface area contributed by atoms with Gasteiger partial charge in [-0.15, -0.1) is 0 Å². The second kappa shape index (κ2) is 10.2. The van der Waals surface area contributed by atoms with Crippen LogP contribution in [0.2, 0.25) is 0 Å². The lowest BCUT2D eigenvalue weighted by atomic mass is 10.2. The highest BCUT2D eigenvalue weighted by Crippen LogP contribution is 2.21. The van der Waals surface area contributed by atoms with Crippen LogP contribution in [0.5, 0.6) is 0 Å². The molecule has 170 valence electrons. The van der Waals surface area contributed by atoms with Crippen molar-refractivity contribution in [2.24, 2.45) is 0 Å². The van der Waals surface area contributed by atoms with Crippen molar-refractivity contribution in [3.8, 4) is 0 Å². The summed E-state index contributed by atoms with van der Waals surface area (Å²) in [5.74, 6) is 0.630. The zero-order valence-corrected chi connectivity index (χ0v) is 19.0. The Morgan fingerprint density at radius 2 is 1.47 bits per heavy atom. The molecule has 0 spiro atoms. The molecule has 2 aliphatic rings. The highest BCUT2D eigenvalue weighted by molar-refractivity contribution is 7.89. The summed E-state index contributed by atoms with van der Waals surface area (Å²) in [7, 11) is -3.46. The zero-order chi connectivity index (χ0) is 22.4. The predicted molar refractivity (Wildman–Crippen MR) is 124 cm³/mol. The first-order chi connectivity index (χ1) is 15.5. The summed E-state index contributed by atoms with van der Waals surface area (Å²) in [6.07, 6.45) is 10.7. The molecule has 1 aromatic heterocycles. The molecule has 0 radical (unpaired) electrons. The zero-order valence-electron chi connectivity index (χ0n) is 18.1. The van der Waals surface area contributed by atoms with E-state index >= 15 is 0 Å². The van der Waals surface area contributed by atoms with E-state index in [4.69, 9.17) is 0 Å².